The highest BCUT2D eigenvalue weighted by atomic mass is 35.5. The molecule has 0 aliphatic rings. The van der Waals surface area contributed by atoms with Crippen LogP contribution in [-0.4, -0.2) is 20.9 Å². The standard InChI is InChI=1S/C16H18ClN3O3S/c1-11(12-5-7-13(17)8-6-12)19-10-16(21)20-14-3-2-4-15(9-14)24(18,22)23/h2-9,11,19H,10H2,1H3,(H,20,21)(H2,18,22,23). The number of nitrogens with two attached hydrogens (primary N) is 1. The molecule has 1 unspecified atom stereocenters. The Morgan fingerprint density at radius 2 is 1.88 bits per heavy atom. The molecule has 2 aromatic carbocycles. The first-order valence-electron chi connectivity index (χ1n) is 7.17. The molecule has 6 nitrogen and oxygen atoms in total. The maximum absolute atomic E-state index is 12.0. The first-order valence-corrected chi connectivity index (χ1v) is 9.10. The third-order valence-corrected chi connectivity index (χ3v) is 4.55. The fourth-order valence-corrected chi connectivity index (χ4v) is 2.76. The van der Waals surface area contributed by atoms with E-state index >= 15 is 0 Å². The maximum Gasteiger partial charge on any atom is 0.238 e. The molecule has 8 heteroatoms. The van der Waals surface area contributed by atoms with Gasteiger partial charge in [0.1, 0.15) is 0 Å². The van der Waals surface area contributed by atoms with Gasteiger partial charge in [0.2, 0.25) is 15.9 Å². The Morgan fingerprint density at radius 1 is 1.21 bits per heavy atom. The van der Waals surface area contributed by atoms with Gasteiger partial charge in [-0.25, -0.2) is 13.6 Å². The number of carbonyl (C=O) groups is 1. The molecule has 0 bridgehead atoms. The van der Waals surface area contributed by atoms with Crippen molar-refractivity contribution < 1.29 is 13.2 Å². The Hall–Kier alpha value is -1.93. The van der Waals surface area contributed by atoms with Crippen molar-refractivity contribution in [1.29, 1.82) is 0 Å². The molecule has 24 heavy (non-hydrogen) atoms. The van der Waals surface area contributed by atoms with Gasteiger partial charge in [-0.3, -0.25) is 4.79 Å². The fourth-order valence-electron chi connectivity index (χ4n) is 2.07. The van der Waals surface area contributed by atoms with E-state index in [9.17, 15) is 13.2 Å². The molecular weight excluding hydrogens is 350 g/mol. The highest BCUT2D eigenvalue weighted by Crippen LogP contribution is 2.16. The Labute approximate surface area is 146 Å². The fraction of sp³-hybridized carbons (Fsp3) is 0.188. The molecule has 0 aliphatic heterocycles. The van der Waals surface area contributed by atoms with Crippen LogP contribution in [0.2, 0.25) is 5.02 Å². The van der Waals surface area contributed by atoms with Crippen molar-refractivity contribution in [2.24, 2.45) is 5.14 Å². The summed E-state index contributed by atoms with van der Waals surface area (Å²) in [6.45, 7) is 2.00. The summed E-state index contributed by atoms with van der Waals surface area (Å²) in [6.07, 6.45) is 0. The van der Waals surface area contributed by atoms with Gasteiger partial charge in [-0.05, 0) is 42.8 Å². The molecule has 2 rings (SSSR count). The highest BCUT2D eigenvalue weighted by molar-refractivity contribution is 7.89. The Kier molecular flexibility index (Phi) is 5.95. The van der Waals surface area contributed by atoms with Crippen LogP contribution in [0.4, 0.5) is 5.69 Å². The van der Waals surface area contributed by atoms with Gasteiger partial charge in [0.15, 0.2) is 0 Å². The van der Waals surface area contributed by atoms with Crippen LogP contribution in [0, 0.1) is 0 Å². The van der Waals surface area contributed by atoms with Crippen molar-refractivity contribution in [2.45, 2.75) is 17.9 Å². The zero-order chi connectivity index (χ0) is 17.7. The SMILES string of the molecule is CC(NCC(=O)Nc1cccc(S(N)(=O)=O)c1)c1ccc(Cl)cc1. The topological polar surface area (TPSA) is 101 Å². The van der Waals surface area contributed by atoms with Gasteiger partial charge in [-0.1, -0.05) is 29.8 Å². The number of hydrogen-bond acceptors (Lipinski definition) is 4. The van der Waals surface area contributed by atoms with E-state index in [2.05, 4.69) is 10.6 Å². The minimum Gasteiger partial charge on any atom is -0.325 e. The van der Waals surface area contributed by atoms with Crippen LogP contribution in [0.3, 0.4) is 0 Å². The average Bonchev–Trinajstić information content (AvgIpc) is 2.53. The van der Waals surface area contributed by atoms with Crippen LogP contribution in [-0.2, 0) is 14.8 Å². The third kappa shape index (κ3) is 5.31. The minimum atomic E-state index is -3.80. The van der Waals surface area contributed by atoms with Gasteiger partial charge < -0.3 is 10.6 Å². The zero-order valence-corrected chi connectivity index (χ0v) is 14.6. The molecule has 0 radical (unpaired) electrons. The monoisotopic (exact) mass is 367 g/mol. The van der Waals surface area contributed by atoms with E-state index in [1.165, 1.54) is 18.2 Å². The van der Waals surface area contributed by atoms with Crippen LogP contribution in [0.1, 0.15) is 18.5 Å². The molecule has 0 aromatic heterocycles. The minimum absolute atomic E-state index is 0.0382. The van der Waals surface area contributed by atoms with Crippen molar-refractivity contribution in [3.63, 3.8) is 0 Å². The number of rotatable bonds is 6. The van der Waals surface area contributed by atoms with E-state index in [0.717, 1.165) is 5.56 Å². The van der Waals surface area contributed by atoms with E-state index in [0.29, 0.717) is 10.7 Å². The second-order valence-electron chi connectivity index (χ2n) is 5.28. The summed E-state index contributed by atoms with van der Waals surface area (Å²) in [6, 6.07) is 13.1. The lowest BCUT2D eigenvalue weighted by atomic mass is 10.1. The van der Waals surface area contributed by atoms with Gasteiger partial charge in [0.05, 0.1) is 11.4 Å². The molecule has 0 aliphatic carbocycles. The van der Waals surface area contributed by atoms with Crippen LogP contribution < -0.4 is 15.8 Å². The van der Waals surface area contributed by atoms with Crippen molar-refractivity contribution in [2.75, 3.05) is 11.9 Å². The summed E-state index contributed by atoms with van der Waals surface area (Å²) >= 11 is 5.84. The Balaban J connectivity index is 1.93. The summed E-state index contributed by atoms with van der Waals surface area (Å²) in [5.74, 6) is -0.289. The lowest BCUT2D eigenvalue weighted by molar-refractivity contribution is -0.115. The van der Waals surface area contributed by atoms with E-state index in [-0.39, 0.29) is 23.4 Å². The first kappa shape index (κ1) is 18.4. The van der Waals surface area contributed by atoms with Crippen LogP contribution in [0.5, 0.6) is 0 Å². The smallest absolute Gasteiger partial charge is 0.238 e. The molecule has 0 heterocycles. The Morgan fingerprint density at radius 3 is 2.50 bits per heavy atom. The van der Waals surface area contributed by atoms with Crippen LogP contribution in [0.15, 0.2) is 53.4 Å². The second-order valence-corrected chi connectivity index (χ2v) is 7.27. The summed E-state index contributed by atoms with van der Waals surface area (Å²) < 4.78 is 22.6. The third-order valence-electron chi connectivity index (χ3n) is 3.39. The molecule has 0 spiro atoms. The lowest BCUT2D eigenvalue weighted by Gasteiger charge is -2.14. The van der Waals surface area contributed by atoms with Gasteiger partial charge in [-0.2, -0.15) is 0 Å². The molecule has 1 atom stereocenters. The predicted molar refractivity (Wildman–Crippen MR) is 94.3 cm³/mol. The summed E-state index contributed by atoms with van der Waals surface area (Å²) in [7, 11) is -3.80. The Bertz CT molecular complexity index is 823. The number of halogens is 1. The van der Waals surface area contributed by atoms with Crippen molar-refractivity contribution in [1.82, 2.24) is 5.32 Å². The van der Waals surface area contributed by atoms with Gasteiger partial charge >= 0.3 is 0 Å². The largest absolute Gasteiger partial charge is 0.325 e. The lowest BCUT2D eigenvalue weighted by Crippen LogP contribution is -2.30. The summed E-state index contributed by atoms with van der Waals surface area (Å²) in [5.41, 5.74) is 1.37. The summed E-state index contributed by atoms with van der Waals surface area (Å²) in [5, 5.41) is 11.4. The predicted octanol–water partition coefficient (Wildman–Crippen LogP) is 2.28. The molecule has 0 fully saturated rings. The number of sulfonamides is 1. The average molecular weight is 368 g/mol. The van der Waals surface area contributed by atoms with Gasteiger partial charge in [0, 0.05) is 16.8 Å². The van der Waals surface area contributed by atoms with Crippen LogP contribution in [0.25, 0.3) is 0 Å². The normalized spacial score (nSPS) is 12.6. The molecule has 1 amide bonds. The van der Waals surface area contributed by atoms with E-state index < -0.39 is 10.0 Å². The molecule has 0 saturated carbocycles. The zero-order valence-electron chi connectivity index (χ0n) is 13.0. The van der Waals surface area contributed by atoms with Crippen LogP contribution >= 0.6 is 11.6 Å². The molecule has 2 aromatic rings. The van der Waals surface area contributed by atoms with Gasteiger partial charge in [0.25, 0.3) is 0 Å². The first-order chi connectivity index (χ1) is 11.3. The number of benzene rings is 2. The number of amides is 1. The van der Waals surface area contributed by atoms with E-state index in [4.69, 9.17) is 16.7 Å². The molecular formula is C16H18ClN3O3S. The quantitative estimate of drug-likeness (QED) is 0.728. The number of hydrogen-bond donors (Lipinski definition) is 3. The number of primary sulfonamides is 1. The maximum atomic E-state index is 12.0. The van der Waals surface area contributed by atoms with Gasteiger partial charge in [-0.15, -0.1) is 0 Å². The molecule has 128 valence electrons. The summed E-state index contributed by atoms with van der Waals surface area (Å²) in [4.78, 5) is 11.9. The molecule has 0 saturated heterocycles. The van der Waals surface area contributed by atoms with E-state index in [1.54, 1.807) is 18.2 Å². The van der Waals surface area contributed by atoms with Crippen molar-refractivity contribution >= 4 is 33.2 Å². The van der Waals surface area contributed by atoms with E-state index in [1.807, 2.05) is 19.1 Å². The second kappa shape index (κ2) is 7.76. The number of anilines is 1. The van der Waals surface area contributed by atoms with Crippen molar-refractivity contribution in [3.8, 4) is 0 Å². The number of nitrogens with one attached hydrogen (secondary N) is 2. The molecule has 4 N–H and O–H groups in total. The highest BCUT2D eigenvalue weighted by Gasteiger charge is 2.11. The van der Waals surface area contributed by atoms with Crippen molar-refractivity contribution in [3.05, 3.63) is 59.1 Å². The number of carbonyl (C=O) groups excluding carboxylic acids is 1.